The van der Waals surface area contributed by atoms with Crippen LogP contribution in [0, 0.1) is 0 Å². The monoisotopic (exact) mass is 255 g/mol. The summed E-state index contributed by atoms with van der Waals surface area (Å²) in [5.74, 6) is -0.309. The smallest absolute Gasteiger partial charge is 0.337 e. The van der Waals surface area contributed by atoms with E-state index in [1.807, 2.05) is 19.2 Å². The van der Waals surface area contributed by atoms with Crippen molar-refractivity contribution in [3.8, 4) is 11.1 Å². The first-order valence-corrected chi connectivity index (χ1v) is 6.17. The van der Waals surface area contributed by atoms with Crippen molar-refractivity contribution in [2.45, 2.75) is 6.54 Å². The predicted molar refractivity (Wildman–Crippen MR) is 76.0 cm³/mol. The van der Waals surface area contributed by atoms with Gasteiger partial charge in [-0.25, -0.2) is 4.79 Å². The molecule has 19 heavy (non-hydrogen) atoms. The van der Waals surface area contributed by atoms with E-state index in [-0.39, 0.29) is 5.97 Å². The third kappa shape index (κ3) is 3.20. The highest BCUT2D eigenvalue weighted by Crippen LogP contribution is 2.20. The van der Waals surface area contributed by atoms with Crippen molar-refractivity contribution >= 4 is 5.97 Å². The zero-order valence-electron chi connectivity index (χ0n) is 11.1. The Balaban J connectivity index is 2.19. The average Bonchev–Trinajstić information content (AvgIpc) is 2.48. The summed E-state index contributed by atoms with van der Waals surface area (Å²) >= 11 is 0. The van der Waals surface area contributed by atoms with Crippen LogP contribution in [-0.2, 0) is 11.3 Å². The van der Waals surface area contributed by atoms with Crippen molar-refractivity contribution in [1.82, 2.24) is 5.32 Å². The first kappa shape index (κ1) is 13.3. The molecule has 3 nitrogen and oxygen atoms in total. The van der Waals surface area contributed by atoms with Gasteiger partial charge in [0.1, 0.15) is 0 Å². The molecule has 98 valence electrons. The molecule has 0 aromatic heterocycles. The van der Waals surface area contributed by atoms with Crippen LogP contribution in [0.1, 0.15) is 15.9 Å². The quantitative estimate of drug-likeness (QED) is 0.854. The molecule has 0 fully saturated rings. The van der Waals surface area contributed by atoms with E-state index in [2.05, 4.69) is 34.3 Å². The summed E-state index contributed by atoms with van der Waals surface area (Å²) in [6.07, 6.45) is 0. The summed E-state index contributed by atoms with van der Waals surface area (Å²) in [5, 5.41) is 3.12. The van der Waals surface area contributed by atoms with Crippen molar-refractivity contribution in [3.63, 3.8) is 0 Å². The lowest BCUT2D eigenvalue weighted by Gasteiger charge is -2.05. The second kappa shape index (κ2) is 6.16. The van der Waals surface area contributed by atoms with Gasteiger partial charge in [0.2, 0.25) is 0 Å². The van der Waals surface area contributed by atoms with Gasteiger partial charge in [0.25, 0.3) is 0 Å². The van der Waals surface area contributed by atoms with Crippen LogP contribution in [0.2, 0.25) is 0 Å². The van der Waals surface area contributed by atoms with Crippen LogP contribution < -0.4 is 5.32 Å². The summed E-state index contributed by atoms with van der Waals surface area (Å²) < 4.78 is 4.68. The number of carbonyl (C=O) groups is 1. The van der Waals surface area contributed by atoms with E-state index in [1.165, 1.54) is 12.7 Å². The predicted octanol–water partition coefficient (Wildman–Crippen LogP) is 2.86. The number of methoxy groups -OCH3 is 1. The summed E-state index contributed by atoms with van der Waals surface area (Å²) in [5.41, 5.74) is 4.04. The van der Waals surface area contributed by atoms with Gasteiger partial charge in [-0.3, -0.25) is 0 Å². The van der Waals surface area contributed by atoms with Crippen LogP contribution in [0.3, 0.4) is 0 Å². The summed E-state index contributed by atoms with van der Waals surface area (Å²) in [4.78, 5) is 11.3. The molecule has 2 aromatic carbocycles. The third-order valence-electron chi connectivity index (χ3n) is 2.97. The highest BCUT2D eigenvalue weighted by atomic mass is 16.5. The van der Waals surface area contributed by atoms with Crippen LogP contribution in [0.25, 0.3) is 11.1 Å². The molecule has 0 atom stereocenters. The Labute approximate surface area is 113 Å². The van der Waals surface area contributed by atoms with Gasteiger partial charge < -0.3 is 10.1 Å². The number of carbonyl (C=O) groups excluding carboxylic acids is 1. The normalized spacial score (nSPS) is 10.2. The van der Waals surface area contributed by atoms with Gasteiger partial charge >= 0.3 is 5.97 Å². The van der Waals surface area contributed by atoms with Gasteiger partial charge in [0, 0.05) is 6.54 Å². The lowest BCUT2D eigenvalue weighted by Crippen LogP contribution is -2.04. The molecule has 0 bridgehead atoms. The molecule has 0 aliphatic carbocycles. The van der Waals surface area contributed by atoms with E-state index in [4.69, 9.17) is 0 Å². The largest absolute Gasteiger partial charge is 0.465 e. The standard InChI is InChI=1S/C16H17NO2/c1-17-11-12-3-5-13(6-4-12)14-7-9-15(10-8-14)16(18)19-2/h3-10,17H,11H2,1-2H3. The SMILES string of the molecule is CNCc1ccc(-c2ccc(C(=O)OC)cc2)cc1. The number of ether oxygens (including phenoxy) is 1. The molecule has 2 rings (SSSR count). The molecule has 0 amide bonds. The molecule has 2 aromatic rings. The zero-order chi connectivity index (χ0) is 13.7. The van der Waals surface area contributed by atoms with Crippen molar-refractivity contribution in [2.75, 3.05) is 14.2 Å². The molecular formula is C16H17NO2. The van der Waals surface area contributed by atoms with Crippen molar-refractivity contribution in [3.05, 3.63) is 59.7 Å². The molecule has 3 heteroatoms. The fourth-order valence-electron chi connectivity index (χ4n) is 1.94. The highest BCUT2D eigenvalue weighted by molar-refractivity contribution is 5.89. The average molecular weight is 255 g/mol. The van der Waals surface area contributed by atoms with Crippen LogP contribution in [0.4, 0.5) is 0 Å². The minimum absolute atomic E-state index is 0.309. The summed E-state index contributed by atoms with van der Waals surface area (Å²) in [7, 11) is 3.32. The minimum atomic E-state index is -0.309. The van der Waals surface area contributed by atoms with Gasteiger partial charge in [-0.1, -0.05) is 36.4 Å². The Morgan fingerprint density at radius 3 is 2.00 bits per heavy atom. The Hall–Kier alpha value is -2.13. The van der Waals surface area contributed by atoms with E-state index in [9.17, 15) is 4.79 Å². The Kier molecular flexibility index (Phi) is 4.31. The molecule has 0 heterocycles. The number of rotatable bonds is 4. The maximum atomic E-state index is 11.3. The Bertz CT molecular complexity index is 544. The lowest BCUT2D eigenvalue weighted by atomic mass is 10.0. The molecule has 0 radical (unpaired) electrons. The van der Waals surface area contributed by atoms with Crippen LogP contribution in [-0.4, -0.2) is 20.1 Å². The van der Waals surface area contributed by atoms with Crippen LogP contribution >= 0.6 is 0 Å². The molecule has 1 N–H and O–H groups in total. The van der Waals surface area contributed by atoms with Crippen molar-refractivity contribution in [2.24, 2.45) is 0 Å². The molecular weight excluding hydrogens is 238 g/mol. The molecule has 0 saturated carbocycles. The lowest BCUT2D eigenvalue weighted by molar-refractivity contribution is 0.0601. The van der Waals surface area contributed by atoms with Gasteiger partial charge in [0.15, 0.2) is 0 Å². The Morgan fingerprint density at radius 1 is 1.00 bits per heavy atom. The van der Waals surface area contributed by atoms with E-state index in [1.54, 1.807) is 12.1 Å². The van der Waals surface area contributed by atoms with E-state index in [0.717, 1.165) is 17.7 Å². The third-order valence-corrected chi connectivity index (χ3v) is 2.97. The maximum Gasteiger partial charge on any atom is 0.337 e. The molecule has 0 saturated heterocycles. The molecule has 0 unspecified atom stereocenters. The van der Waals surface area contributed by atoms with Gasteiger partial charge in [-0.15, -0.1) is 0 Å². The second-order valence-corrected chi connectivity index (χ2v) is 4.30. The zero-order valence-corrected chi connectivity index (χ0v) is 11.1. The van der Waals surface area contributed by atoms with E-state index in [0.29, 0.717) is 5.56 Å². The number of nitrogens with one attached hydrogen (secondary N) is 1. The molecule has 0 aliphatic rings. The number of hydrogen-bond donors (Lipinski definition) is 1. The second-order valence-electron chi connectivity index (χ2n) is 4.30. The molecule has 0 aliphatic heterocycles. The Morgan fingerprint density at radius 2 is 1.53 bits per heavy atom. The van der Waals surface area contributed by atoms with E-state index < -0.39 is 0 Å². The van der Waals surface area contributed by atoms with Crippen LogP contribution in [0.5, 0.6) is 0 Å². The first-order chi connectivity index (χ1) is 9.24. The number of benzene rings is 2. The highest BCUT2D eigenvalue weighted by Gasteiger charge is 2.05. The number of hydrogen-bond acceptors (Lipinski definition) is 3. The fourth-order valence-corrected chi connectivity index (χ4v) is 1.94. The van der Waals surface area contributed by atoms with Crippen LogP contribution in [0.15, 0.2) is 48.5 Å². The minimum Gasteiger partial charge on any atom is -0.465 e. The summed E-state index contributed by atoms with van der Waals surface area (Å²) in [6, 6.07) is 15.8. The van der Waals surface area contributed by atoms with Gasteiger partial charge in [-0.05, 0) is 35.9 Å². The molecule has 0 spiro atoms. The first-order valence-electron chi connectivity index (χ1n) is 6.17. The van der Waals surface area contributed by atoms with Crippen molar-refractivity contribution in [1.29, 1.82) is 0 Å². The summed E-state index contributed by atoms with van der Waals surface area (Å²) in [6.45, 7) is 0.863. The van der Waals surface area contributed by atoms with Gasteiger partial charge in [-0.2, -0.15) is 0 Å². The van der Waals surface area contributed by atoms with Crippen molar-refractivity contribution < 1.29 is 9.53 Å². The fraction of sp³-hybridized carbons (Fsp3) is 0.188. The number of esters is 1. The topological polar surface area (TPSA) is 38.3 Å². The maximum absolute atomic E-state index is 11.3. The van der Waals surface area contributed by atoms with E-state index >= 15 is 0 Å². The van der Waals surface area contributed by atoms with Gasteiger partial charge in [0.05, 0.1) is 12.7 Å².